The molecule has 0 aliphatic carbocycles. The van der Waals surface area contributed by atoms with Gasteiger partial charge in [-0.15, -0.1) is 0 Å². The zero-order valence-electron chi connectivity index (χ0n) is 9.19. The summed E-state index contributed by atoms with van der Waals surface area (Å²) in [5.41, 5.74) is 5.71. The van der Waals surface area contributed by atoms with E-state index < -0.39 is 11.6 Å². The van der Waals surface area contributed by atoms with Crippen molar-refractivity contribution < 1.29 is 13.5 Å². The minimum absolute atomic E-state index is 0.110. The van der Waals surface area contributed by atoms with E-state index in [1.165, 1.54) is 13.2 Å². The van der Waals surface area contributed by atoms with Gasteiger partial charge in [-0.1, -0.05) is 6.92 Å². The summed E-state index contributed by atoms with van der Waals surface area (Å²) in [7, 11) is 1.30. The monoisotopic (exact) mass is 293 g/mol. The Labute approximate surface area is 102 Å². The molecule has 1 aromatic rings. The third kappa shape index (κ3) is 2.52. The molecule has 0 spiro atoms. The first-order valence-electron chi connectivity index (χ1n) is 4.94. The summed E-state index contributed by atoms with van der Waals surface area (Å²) < 4.78 is 32.4. The van der Waals surface area contributed by atoms with Crippen LogP contribution in [0.1, 0.15) is 24.8 Å². The average Bonchev–Trinajstić information content (AvgIpc) is 2.24. The number of hydrogen-bond donors (Lipinski definition) is 1. The molecule has 0 aliphatic rings. The fourth-order valence-corrected chi connectivity index (χ4v) is 2.13. The van der Waals surface area contributed by atoms with Crippen LogP contribution in [-0.4, -0.2) is 13.7 Å². The van der Waals surface area contributed by atoms with E-state index in [0.717, 1.165) is 0 Å². The van der Waals surface area contributed by atoms with Crippen LogP contribution in [0.5, 0.6) is 5.75 Å². The molecule has 0 saturated heterocycles. The maximum atomic E-state index is 13.7. The molecule has 1 rings (SSSR count). The SMILES string of the molecule is COc1c(Br)cc(C(C)CCN)c(F)c1F. The Morgan fingerprint density at radius 1 is 1.44 bits per heavy atom. The smallest absolute Gasteiger partial charge is 0.202 e. The highest BCUT2D eigenvalue weighted by molar-refractivity contribution is 9.10. The summed E-state index contributed by atoms with van der Waals surface area (Å²) in [6, 6.07) is 1.54. The van der Waals surface area contributed by atoms with E-state index in [2.05, 4.69) is 15.9 Å². The van der Waals surface area contributed by atoms with Gasteiger partial charge >= 0.3 is 0 Å². The van der Waals surface area contributed by atoms with E-state index in [0.29, 0.717) is 23.0 Å². The van der Waals surface area contributed by atoms with E-state index in [-0.39, 0.29) is 11.7 Å². The highest BCUT2D eigenvalue weighted by atomic mass is 79.9. The first-order valence-corrected chi connectivity index (χ1v) is 5.73. The van der Waals surface area contributed by atoms with Crippen LogP contribution in [0.25, 0.3) is 0 Å². The van der Waals surface area contributed by atoms with E-state index in [9.17, 15) is 8.78 Å². The standard InChI is InChI=1S/C11H14BrF2NO/c1-6(3-4-15)7-5-8(12)11(16-2)10(14)9(7)13/h5-6H,3-4,15H2,1-2H3. The molecule has 0 heterocycles. The number of rotatable bonds is 4. The van der Waals surface area contributed by atoms with Crippen molar-refractivity contribution >= 4 is 15.9 Å². The number of hydrogen-bond acceptors (Lipinski definition) is 2. The molecule has 0 bridgehead atoms. The second kappa shape index (κ2) is 5.59. The number of benzene rings is 1. The molecule has 5 heteroatoms. The van der Waals surface area contributed by atoms with Gasteiger partial charge in [0.2, 0.25) is 5.82 Å². The van der Waals surface area contributed by atoms with Gasteiger partial charge in [0.05, 0.1) is 11.6 Å². The molecule has 0 amide bonds. The molecule has 0 aromatic heterocycles. The lowest BCUT2D eigenvalue weighted by Gasteiger charge is -2.15. The zero-order chi connectivity index (χ0) is 12.3. The van der Waals surface area contributed by atoms with Gasteiger partial charge in [0.15, 0.2) is 11.6 Å². The maximum absolute atomic E-state index is 13.7. The maximum Gasteiger partial charge on any atom is 0.202 e. The van der Waals surface area contributed by atoms with Crippen molar-refractivity contribution in [1.29, 1.82) is 0 Å². The van der Waals surface area contributed by atoms with Crippen molar-refractivity contribution in [1.82, 2.24) is 0 Å². The Morgan fingerprint density at radius 3 is 2.56 bits per heavy atom. The molecule has 90 valence electrons. The quantitative estimate of drug-likeness (QED) is 0.866. The fraction of sp³-hybridized carbons (Fsp3) is 0.455. The van der Waals surface area contributed by atoms with Gasteiger partial charge in [-0.2, -0.15) is 4.39 Å². The van der Waals surface area contributed by atoms with E-state index in [1.54, 1.807) is 0 Å². The number of ether oxygens (including phenoxy) is 1. The number of methoxy groups -OCH3 is 1. The molecule has 2 N–H and O–H groups in total. The summed E-state index contributed by atoms with van der Waals surface area (Å²) >= 11 is 3.15. The summed E-state index contributed by atoms with van der Waals surface area (Å²) in [5.74, 6) is -2.06. The van der Waals surface area contributed by atoms with Crippen molar-refractivity contribution in [2.45, 2.75) is 19.3 Å². The van der Waals surface area contributed by atoms with Gasteiger partial charge in [0.25, 0.3) is 0 Å². The minimum atomic E-state index is -0.962. The summed E-state index contributed by atoms with van der Waals surface area (Å²) in [6.45, 7) is 2.25. The van der Waals surface area contributed by atoms with Crippen LogP contribution in [-0.2, 0) is 0 Å². The molecule has 0 fully saturated rings. The molecule has 0 saturated carbocycles. The highest BCUT2D eigenvalue weighted by Crippen LogP contribution is 2.35. The van der Waals surface area contributed by atoms with Crippen LogP contribution in [0.15, 0.2) is 10.5 Å². The van der Waals surface area contributed by atoms with Crippen LogP contribution >= 0.6 is 15.9 Å². The molecule has 1 unspecified atom stereocenters. The van der Waals surface area contributed by atoms with Gasteiger partial charge in [-0.25, -0.2) is 4.39 Å². The van der Waals surface area contributed by atoms with Gasteiger partial charge in [0.1, 0.15) is 0 Å². The molecule has 2 nitrogen and oxygen atoms in total. The molecular formula is C11H14BrF2NO. The first kappa shape index (κ1) is 13.4. The Morgan fingerprint density at radius 2 is 2.06 bits per heavy atom. The lowest BCUT2D eigenvalue weighted by atomic mass is 9.97. The second-order valence-corrected chi connectivity index (χ2v) is 4.44. The van der Waals surface area contributed by atoms with Gasteiger partial charge < -0.3 is 10.5 Å². The number of nitrogens with two attached hydrogens (primary N) is 1. The van der Waals surface area contributed by atoms with Crippen LogP contribution < -0.4 is 10.5 Å². The van der Waals surface area contributed by atoms with Crippen LogP contribution in [0.3, 0.4) is 0 Å². The predicted molar refractivity (Wildman–Crippen MR) is 62.7 cm³/mol. The van der Waals surface area contributed by atoms with Crippen molar-refractivity contribution in [3.8, 4) is 5.75 Å². The zero-order valence-corrected chi connectivity index (χ0v) is 10.8. The van der Waals surface area contributed by atoms with Crippen LogP contribution in [0.2, 0.25) is 0 Å². The van der Waals surface area contributed by atoms with Crippen molar-refractivity contribution in [3.05, 3.63) is 27.7 Å². The lowest BCUT2D eigenvalue weighted by Crippen LogP contribution is -2.08. The van der Waals surface area contributed by atoms with Crippen LogP contribution in [0, 0.1) is 11.6 Å². The topological polar surface area (TPSA) is 35.2 Å². The molecule has 1 atom stereocenters. The Hall–Kier alpha value is -0.680. The normalized spacial score (nSPS) is 12.6. The third-order valence-corrected chi connectivity index (χ3v) is 3.07. The van der Waals surface area contributed by atoms with Crippen molar-refractivity contribution in [2.24, 2.45) is 5.73 Å². The lowest BCUT2D eigenvalue weighted by molar-refractivity contribution is 0.366. The Balaban J connectivity index is 3.22. The molecule has 0 aliphatic heterocycles. The number of halogens is 3. The van der Waals surface area contributed by atoms with Gasteiger partial charge in [0, 0.05) is 0 Å². The summed E-state index contributed by atoms with van der Waals surface area (Å²) in [5, 5.41) is 0. The van der Waals surface area contributed by atoms with E-state index >= 15 is 0 Å². The molecule has 16 heavy (non-hydrogen) atoms. The Bertz CT molecular complexity index is 385. The first-order chi connectivity index (χ1) is 7.52. The minimum Gasteiger partial charge on any atom is -0.492 e. The largest absolute Gasteiger partial charge is 0.492 e. The summed E-state index contributed by atoms with van der Waals surface area (Å²) in [6.07, 6.45) is 0.606. The molecular weight excluding hydrogens is 280 g/mol. The third-order valence-electron chi connectivity index (χ3n) is 2.48. The summed E-state index contributed by atoms with van der Waals surface area (Å²) in [4.78, 5) is 0. The van der Waals surface area contributed by atoms with Crippen molar-refractivity contribution in [3.63, 3.8) is 0 Å². The van der Waals surface area contributed by atoms with Crippen LogP contribution in [0.4, 0.5) is 8.78 Å². The highest BCUT2D eigenvalue weighted by Gasteiger charge is 2.20. The molecule has 1 aromatic carbocycles. The van der Waals surface area contributed by atoms with Gasteiger partial charge in [-0.3, -0.25) is 0 Å². The Kier molecular flexibility index (Phi) is 4.68. The predicted octanol–water partition coefficient (Wildman–Crippen LogP) is 3.19. The van der Waals surface area contributed by atoms with E-state index in [4.69, 9.17) is 10.5 Å². The van der Waals surface area contributed by atoms with Crippen molar-refractivity contribution in [2.75, 3.05) is 13.7 Å². The second-order valence-electron chi connectivity index (χ2n) is 3.59. The van der Waals surface area contributed by atoms with E-state index in [1.807, 2.05) is 6.92 Å². The van der Waals surface area contributed by atoms with Gasteiger partial charge in [-0.05, 0) is 46.4 Å². The molecule has 0 radical (unpaired) electrons. The fourth-order valence-electron chi connectivity index (χ4n) is 1.55. The average molecular weight is 294 g/mol.